The Labute approximate surface area is 103 Å². The fourth-order valence-electron chi connectivity index (χ4n) is 3.26. The molecule has 2 aliphatic rings. The Kier molecular flexibility index (Phi) is 2.62. The second-order valence-corrected chi connectivity index (χ2v) is 5.65. The predicted octanol–water partition coefficient (Wildman–Crippen LogP) is 3.02. The molecule has 1 aliphatic heterocycles. The highest BCUT2D eigenvalue weighted by molar-refractivity contribution is 5.41. The number of rotatable bonds is 1. The summed E-state index contributed by atoms with van der Waals surface area (Å²) in [7, 11) is 0. The van der Waals surface area contributed by atoms with Crippen molar-refractivity contribution in [3.05, 3.63) is 29.3 Å². The average Bonchev–Trinajstić information content (AvgIpc) is 2.75. The van der Waals surface area contributed by atoms with Crippen molar-refractivity contribution in [1.82, 2.24) is 0 Å². The van der Waals surface area contributed by atoms with Crippen LogP contribution in [0, 0.1) is 5.92 Å². The van der Waals surface area contributed by atoms with E-state index >= 15 is 0 Å². The smallest absolute Gasteiger partial charge is 0.122 e. The van der Waals surface area contributed by atoms with Crippen molar-refractivity contribution in [2.45, 2.75) is 44.6 Å². The van der Waals surface area contributed by atoms with E-state index in [0.29, 0.717) is 5.92 Å². The van der Waals surface area contributed by atoms with Gasteiger partial charge in [-0.15, -0.1) is 0 Å². The molecule has 1 aromatic rings. The van der Waals surface area contributed by atoms with Crippen LogP contribution in [0.5, 0.6) is 5.75 Å². The van der Waals surface area contributed by atoms with Crippen LogP contribution in [0.2, 0.25) is 0 Å². The topological polar surface area (TPSA) is 29.5 Å². The summed E-state index contributed by atoms with van der Waals surface area (Å²) in [4.78, 5) is 0. The zero-order chi connectivity index (χ0) is 11.9. The molecule has 1 heterocycles. The Morgan fingerprint density at radius 3 is 3.12 bits per heavy atom. The first-order chi connectivity index (χ1) is 8.17. The summed E-state index contributed by atoms with van der Waals surface area (Å²) in [6, 6.07) is 6.22. The molecule has 1 aromatic carbocycles. The molecule has 0 spiro atoms. The van der Waals surface area contributed by atoms with E-state index in [0.717, 1.165) is 43.6 Å². The number of aliphatic hydroxyl groups is 1. The Hall–Kier alpha value is -1.02. The molecular weight excluding hydrogens is 212 g/mol. The summed E-state index contributed by atoms with van der Waals surface area (Å²) >= 11 is 0. The van der Waals surface area contributed by atoms with Gasteiger partial charge in [0.2, 0.25) is 0 Å². The van der Waals surface area contributed by atoms with Crippen molar-refractivity contribution in [3.63, 3.8) is 0 Å². The molecule has 3 rings (SSSR count). The second kappa shape index (κ2) is 4.02. The van der Waals surface area contributed by atoms with E-state index in [1.807, 2.05) is 12.1 Å². The van der Waals surface area contributed by atoms with E-state index in [1.54, 1.807) is 0 Å². The van der Waals surface area contributed by atoms with Crippen molar-refractivity contribution in [3.8, 4) is 5.75 Å². The zero-order valence-electron chi connectivity index (χ0n) is 10.4. The quantitative estimate of drug-likeness (QED) is 0.806. The summed E-state index contributed by atoms with van der Waals surface area (Å²) in [6.07, 6.45) is 5.15. The summed E-state index contributed by atoms with van der Waals surface area (Å²) in [5.74, 6) is 1.62. The highest BCUT2D eigenvalue weighted by Crippen LogP contribution is 2.41. The van der Waals surface area contributed by atoms with Crippen molar-refractivity contribution in [2.24, 2.45) is 5.92 Å². The van der Waals surface area contributed by atoms with E-state index in [1.165, 1.54) is 12.0 Å². The number of fused-ring (bicyclic) bond motifs is 1. The van der Waals surface area contributed by atoms with Crippen LogP contribution in [0.4, 0.5) is 0 Å². The molecule has 0 amide bonds. The molecule has 0 bridgehead atoms. The van der Waals surface area contributed by atoms with Gasteiger partial charge >= 0.3 is 0 Å². The first-order valence-electron chi connectivity index (χ1n) is 6.66. The maximum absolute atomic E-state index is 10.8. The van der Waals surface area contributed by atoms with E-state index < -0.39 is 5.60 Å². The van der Waals surface area contributed by atoms with E-state index in [4.69, 9.17) is 4.74 Å². The van der Waals surface area contributed by atoms with Gasteiger partial charge in [0.15, 0.2) is 0 Å². The maximum Gasteiger partial charge on any atom is 0.122 e. The van der Waals surface area contributed by atoms with Gasteiger partial charge in [0.05, 0.1) is 12.2 Å². The lowest BCUT2D eigenvalue weighted by atomic mass is 9.75. The van der Waals surface area contributed by atoms with E-state index in [9.17, 15) is 5.11 Å². The van der Waals surface area contributed by atoms with Gasteiger partial charge in [0, 0.05) is 6.42 Å². The molecule has 92 valence electrons. The molecule has 0 radical (unpaired) electrons. The standard InChI is InChI=1S/C15H20O2/c1-11-3-2-7-15(16,10-11)13-4-5-14-12(9-13)6-8-17-14/h4-5,9,11,16H,2-3,6-8,10H2,1H3. The van der Waals surface area contributed by atoms with Gasteiger partial charge in [-0.3, -0.25) is 0 Å². The van der Waals surface area contributed by atoms with Crippen LogP contribution in [0.1, 0.15) is 43.7 Å². The Bertz CT molecular complexity index is 427. The van der Waals surface area contributed by atoms with E-state index in [2.05, 4.69) is 13.0 Å². The van der Waals surface area contributed by atoms with Crippen LogP contribution in [-0.2, 0) is 12.0 Å². The monoisotopic (exact) mass is 232 g/mol. The molecule has 1 saturated carbocycles. The van der Waals surface area contributed by atoms with Gasteiger partial charge in [-0.2, -0.15) is 0 Å². The molecule has 1 aliphatic carbocycles. The summed E-state index contributed by atoms with van der Waals surface area (Å²) < 4.78 is 5.51. The minimum Gasteiger partial charge on any atom is -0.493 e. The maximum atomic E-state index is 10.8. The second-order valence-electron chi connectivity index (χ2n) is 5.65. The first kappa shape index (κ1) is 11.1. The van der Waals surface area contributed by atoms with Gasteiger partial charge in [0.1, 0.15) is 5.75 Å². The molecular formula is C15H20O2. The largest absolute Gasteiger partial charge is 0.493 e. The Balaban J connectivity index is 1.92. The summed E-state index contributed by atoms with van der Waals surface area (Å²) in [6.45, 7) is 3.02. The number of ether oxygens (including phenoxy) is 1. The third-order valence-corrected chi connectivity index (χ3v) is 4.20. The van der Waals surface area contributed by atoms with Gasteiger partial charge in [0.25, 0.3) is 0 Å². The van der Waals surface area contributed by atoms with Crippen LogP contribution in [-0.4, -0.2) is 11.7 Å². The van der Waals surface area contributed by atoms with Crippen LogP contribution in [0.3, 0.4) is 0 Å². The van der Waals surface area contributed by atoms with Crippen LogP contribution < -0.4 is 4.74 Å². The highest BCUT2D eigenvalue weighted by Gasteiger charge is 2.34. The van der Waals surface area contributed by atoms with Gasteiger partial charge in [-0.25, -0.2) is 0 Å². The third-order valence-electron chi connectivity index (χ3n) is 4.20. The number of hydrogen-bond acceptors (Lipinski definition) is 2. The number of hydrogen-bond donors (Lipinski definition) is 1. The van der Waals surface area contributed by atoms with Crippen LogP contribution in [0.25, 0.3) is 0 Å². The summed E-state index contributed by atoms with van der Waals surface area (Å²) in [5.41, 5.74) is 1.75. The SMILES string of the molecule is CC1CCCC(O)(c2ccc3c(c2)CCO3)C1. The van der Waals surface area contributed by atoms with Gasteiger partial charge < -0.3 is 9.84 Å². The Morgan fingerprint density at radius 2 is 2.29 bits per heavy atom. The lowest BCUT2D eigenvalue weighted by molar-refractivity contribution is -0.0179. The fraction of sp³-hybridized carbons (Fsp3) is 0.600. The van der Waals surface area contributed by atoms with Gasteiger partial charge in [-0.05, 0) is 48.4 Å². The normalized spacial score (nSPS) is 32.0. The van der Waals surface area contributed by atoms with Crippen molar-refractivity contribution in [2.75, 3.05) is 6.61 Å². The molecule has 0 saturated heterocycles. The lowest BCUT2D eigenvalue weighted by Crippen LogP contribution is -2.31. The van der Waals surface area contributed by atoms with Crippen molar-refractivity contribution in [1.29, 1.82) is 0 Å². The van der Waals surface area contributed by atoms with Crippen molar-refractivity contribution >= 4 is 0 Å². The molecule has 1 fully saturated rings. The van der Waals surface area contributed by atoms with E-state index in [-0.39, 0.29) is 0 Å². The van der Waals surface area contributed by atoms with Crippen LogP contribution >= 0.6 is 0 Å². The van der Waals surface area contributed by atoms with Crippen molar-refractivity contribution < 1.29 is 9.84 Å². The molecule has 2 nitrogen and oxygen atoms in total. The Morgan fingerprint density at radius 1 is 1.41 bits per heavy atom. The zero-order valence-corrected chi connectivity index (χ0v) is 10.4. The highest BCUT2D eigenvalue weighted by atomic mass is 16.5. The van der Waals surface area contributed by atoms with Crippen LogP contribution in [0.15, 0.2) is 18.2 Å². The minimum atomic E-state index is -0.602. The molecule has 2 heteroatoms. The summed E-state index contributed by atoms with van der Waals surface area (Å²) in [5, 5.41) is 10.8. The molecule has 2 unspecified atom stereocenters. The molecule has 17 heavy (non-hydrogen) atoms. The predicted molar refractivity (Wildman–Crippen MR) is 67.2 cm³/mol. The average molecular weight is 232 g/mol. The lowest BCUT2D eigenvalue weighted by Gasteiger charge is -2.36. The first-order valence-corrected chi connectivity index (χ1v) is 6.66. The molecule has 2 atom stereocenters. The third kappa shape index (κ3) is 1.95. The minimum absolute atomic E-state index is 0.602. The molecule has 1 N–H and O–H groups in total. The number of benzene rings is 1. The molecule has 0 aromatic heterocycles. The van der Waals surface area contributed by atoms with Gasteiger partial charge in [-0.1, -0.05) is 19.4 Å². The fourth-order valence-corrected chi connectivity index (χ4v) is 3.26.